The monoisotopic (exact) mass is 444 g/mol. The number of halogens is 1. The fourth-order valence-electron chi connectivity index (χ4n) is 2.14. The van der Waals surface area contributed by atoms with Crippen molar-refractivity contribution < 1.29 is 9.84 Å². The summed E-state index contributed by atoms with van der Waals surface area (Å²) in [6.45, 7) is 4.81. The fourth-order valence-corrected chi connectivity index (χ4v) is 2.14. The van der Waals surface area contributed by atoms with E-state index in [1.807, 2.05) is 31.5 Å². The molecule has 6 nitrogen and oxygen atoms in total. The first-order valence-corrected chi connectivity index (χ1v) is 7.71. The molecule has 7 heteroatoms. The molecule has 0 aliphatic carbocycles. The Bertz CT molecular complexity index is 630. The lowest BCUT2D eigenvalue weighted by molar-refractivity contribution is 0.411. The summed E-state index contributed by atoms with van der Waals surface area (Å²) in [7, 11) is 1.60. The summed E-state index contributed by atoms with van der Waals surface area (Å²) in [5.74, 6) is 1.65. The number of phenolic OH excluding ortho intramolecular Hbond substituents is 1. The quantitative estimate of drug-likeness (QED) is 0.349. The number of methoxy groups -OCH3 is 1. The highest BCUT2D eigenvalue weighted by atomic mass is 127. The van der Waals surface area contributed by atoms with Gasteiger partial charge in [0.15, 0.2) is 5.96 Å². The van der Waals surface area contributed by atoms with E-state index in [0.717, 1.165) is 31.2 Å². The molecule has 0 radical (unpaired) electrons. The van der Waals surface area contributed by atoms with E-state index in [1.54, 1.807) is 25.3 Å². The summed E-state index contributed by atoms with van der Waals surface area (Å²) < 4.78 is 7.28. The second-order valence-corrected chi connectivity index (χ2v) is 5.04. The molecule has 0 bridgehead atoms. The summed E-state index contributed by atoms with van der Waals surface area (Å²) in [6, 6.07) is 9.15. The Morgan fingerprint density at radius 1 is 1.25 bits per heavy atom. The molecular formula is C17H25IN4O2. The molecule has 132 valence electrons. The fraction of sp³-hybridized carbons (Fsp3) is 0.353. The lowest BCUT2D eigenvalue weighted by atomic mass is 10.2. The van der Waals surface area contributed by atoms with E-state index in [0.29, 0.717) is 12.3 Å². The number of rotatable bonds is 7. The van der Waals surface area contributed by atoms with Gasteiger partial charge < -0.3 is 25.0 Å². The van der Waals surface area contributed by atoms with Gasteiger partial charge in [-0.15, -0.1) is 24.0 Å². The summed E-state index contributed by atoms with van der Waals surface area (Å²) in [4.78, 5) is 4.51. The van der Waals surface area contributed by atoms with Gasteiger partial charge in [-0.3, -0.25) is 0 Å². The maximum Gasteiger partial charge on any atom is 0.191 e. The number of hydrogen-bond donors (Lipinski definition) is 3. The molecule has 0 spiro atoms. The minimum absolute atomic E-state index is 0. The molecular weight excluding hydrogens is 419 g/mol. The van der Waals surface area contributed by atoms with Crippen molar-refractivity contribution in [2.75, 3.05) is 20.2 Å². The van der Waals surface area contributed by atoms with Gasteiger partial charge in [-0.2, -0.15) is 0 Å². The van der Waals surface area contributed by atoms with Crippen LogP contribution in [0.3, 0.4) is 0 Å². The number of aliphatic imine (C=N–C) groups is 1. The Balaban J connectivity index is 0.00000288. The summed E-state index contributed by atoms with van der Waals surface area (Å²) in [5, 5.41) is 16.4. The van der Waals surface area contributed by atoms with Crippen molar-refractivity contribution in [3.8, 4) is 11.5 Å². The first-order chi connectivity index (χ1) is 11.2. The lowest BCUT2D eigenvalue weighted by Crippen LogP contribution is -2.38. The van der Waals surface area contributed by atoms with Crippen LogP contribution < -0.4 is 15.4 Å². The Kier molecular flexibility index (Phi) is 9.06. The molecule has 24 heavy (non-hydrogen) atoms. The van der Waals surface area contributed by atoms with Crippen LogP contribution >= 0.6 is 24.0 Å². The van der Waals surface area contributed by atoms with Gasteiger partial charge in [0, 0.05) is 37.6 Å². The molecule has 0 amide bonds. The Hall–Kier alpha value is -1.90. The van der Waals surface area contributed by atoms with Gasteiger partial charge in [0.25, 0.3) is 0 Å². The largest absolute Gasteiger partial charge is 0.508 e. The van der Waals surface area contributed by atoms with Gasteiger partial charge in [0.1, 0.15) is 11.5 Å². The molecule has 2 rings (SSSR count). The molecule has 0 aliphatic heterocycles. The highest BCUT2D eigenvalue weighted by Crippen LogP contribution is 2.23. The third-order valence-corrected chi connectivity index (χ3v) is 3.37. The van der Waals surface area contributed by atoms with Crippen molar-refractivity contribution in [1.29, 1.82) is 0 Å². The van der Waals surface area contributed by atoms with Gasteiger partial charge in [0.2, 0.25) is 0 Å². The number of aromatic hydroxyl groups is 1. The molecule has 0 fully saturated rings. The molecule has 0 unspecified atom stereocenters. The molecule has 0 saturated carbocycles. The minimum atomic E-state index is 0. The van der Waals surface area contributed by atoms with Crippen LogP contribution in [0.2, 0.25) is 0 Å². The van der Waals surface area contributed by atoms with Crippen LogP contribution in [0.25, 0.3) is 0 Å². The second kappa shape index (κ2) is 10.8. The molecule has 0 atom stereocenters. The normalized spacial score (nSPS) is 10.8. The average Bonchev–Trinajstić information content (AvgIpc) is 3.07. The topological polar surface area (TPSA) is 70.8 Å². The molecule has 1 heterocycles. The molecule has 3 N–H and O–H groups in total. The standard InChI is InChI=1S/C17H24N4O2.HI/c1-3-18-17(19-8-11-21-9-4-5-10-21)20-13-14-12-15(23-2)6-7-16(14)22;/h4-7,9-10,12,22H,3,8,11,13H2,1-2H3,(H2,18,19,20);1H. The van der Waals surface area contributed by atoms with Crippen LogP contribution in [0.1, 0.15) is 12.5 Å². The van der Waals surface area contributed by atoms with Crippen LogP contribution in [0, 0.1) is 0 Å². The zero-order valence-corrected chi connectivity index (χ0v) is 16.4. The van der Waals surface area contributed by atoms with Gasteiger partial charge in [-0.1, -0.05) is 0 Å². The first kappa shape index (κ1) is 20.1. The molecule has 0 saturated heterocycles. The van der Waals surface area contributed by atoms with Crippen LogP contribution in [0.5, 0.6) is 11.5 Å². The number of hydrogen-bond acceptors (Lipinski definition) is 3. The zero-order chi connectivity index (χ0) is 16.5. The Morgan fingerprint density at radius 3 is 2.67 bits per heavy atom. The van der Waals surface area contributed by atoms with E-state index in [9.17, 15) is 5.11 Å². The SMILES string of the molecule is CCNC(=NCc1cc(OC)ccc1O)NCCn1cccc1.I. The van der Waals surface area contributed by atoms with Crippen LogP contribution in [-0.4, -0.2) is 35.8 Å². The maximum absolute atomic E-state index is 9.91. The maximum atomic E-state index is 9.91. The van der Waals surface area contributed by atoms with E-state index in [1.165, 1.54) is 0 Å². The minimum Gasteiger partial charge on any atom is -0.508 e. The number of ether oxygens (including phenoxy) is 1. The number of aromatic nitrogens is 1. The predicted molar refractivity (Wildman–Crippen MR) is 107 cm³/mol. The smallest absolute Gasteiger partial charge is 0.191 e. The van der Waals surface area contributed by atoms with E-state index in [4.69, 9.17) is 4.74 Å². The summed E-state index contributed by atoms with van der Waals surface area (Å²) in [5.41, 5.74) is 0.729. The number of guanidine groups is 1. The summed E-state index contributed by atoms with van der Waals surface area (Å²) >= 11 is 0. The van der Waals surface area contributed by atoms with Crippen molar-refractivity contribution in [2.45, 2.75) is 20.0 Å². The van der Waals surface area contributed by atoms with Crippen molar-refractivity contribution >= 4 is 29.9 Å². The second-order valence-electron chi connectivity index (χ2n) is 5.04. The van der Waals surface area contributed by atoms with Gasteiger partial charge >= 0.3 is 0 Å². The van der Waals surface area contributed by atoms with Gasteiger partial charge in [-0.05, 0) is 37.3 Å². The van der Waals surface area contributed by atoms with Crippen molar-refractivity contribution in [3.63, 3.8) is 0 Å². The average molecular weight is 444 g/mol. The molecule has 0 aliphatic rings. The van der Waals surface area contributed by atoms with Gasteiger partial charge in [-0.25, -0.2) is 4.99 Å². The molecule has 2 aromatic rings. The molecule has 1 aromatic carbocycles. The lowest BCUT2D eigenvalue weighted by Gasteiger charge is -2.12. The predicted octanol–water partition coefficient (Wildman–Crippen LogP) is 2.58. The van der Waals surface area contributed by atoms with E-state index >= 15 is 0 Å². The van der Waals surface area contributed by atoms with Crippen LogP contribution in [0.15, 0.2) is 47.7 Å². The Labute approximate surface area is 160 Å². The number of phenols is 1. The zero-order valence-electron chi connectivity index (χ0n) is 14.0. The highest BCUT2D eigenvalue weighted by molar-refractivity contribution is 14.0. The third-order valence-electron chi connectivity index (χ3n) is 3.37. The Morgan fingerprint density at radius 2 is 2.00 bits per heavy atom. The van der Waals surface area contributed by atoms with E-state index in [-0.39, 0.29) is 29.7 Å². The van der Waals surface area contributed by atoms with Crippen LogP contribution in [0.4, 0.5) is 0 Å². The van der Waals surface area contributed by atoms with Crippen molar-refractivity contribution in [3.05, 3.63) is 48.3 Å². The van der Waals surface area contributed by atoms with E-state index < -0.39 is 0 Å². The van der Waals surface area contributed by atoms with Crippen molar-refractivity contribution in [2.24, 2.45) is 4.99 Å². The number of nitrogens with zero attached hydrogens (tertiary/aromatic N) is 2. The molecule has 1 aromatic heterocycles. The third kappa shape index (κ3) is 6.31. The van der Waals surface area contributed by atoms with Crippen molar-refractivity contribution in [1.82, 2.24) is 15.2 Å². The van der Waals surface area contributed by atoms with Crippen LogP contribution in [-0.2, 0) is 13.1 Å². The number of benzene rings is 1. The van der Waals surface area contributed by atoms with Gasteiger partial charge in [0.05, 0.1) is 13.7 Å². The van der Waals surface area contributed by atoms with E-state index in [2.05, 4.69) is 20.2 Å². The first-order valence-electron chi connectivity index (χ1n) is 7.71. The highest BCUT2D eigenvalue weighted by Gasteiger charge is 2.04. The summed E-state index contributed by atoms with van der Waals surface area (Å²) in [6.07, 6.45) is 4.06. The number of nitrogens with one attached hydrogen (secondary N) is 2.